The number of rotatable bonds is 9. The van der Waals surface area contributed by atoms with E-state index in [2.05, 4.69) is 26.2 Å². The second-order valence-electron chi connectivity index (χ2n) is 10.5. The molecule has 5 rings (SSSR count). The molecule has 35 heavy (non-hydrogen) atoms. The Morgan fingerprint density at radius 3 is 2.34 bits per heavy atom. The molecular weight excluding hydrogens is 498 g/mol. The highest BCUT2D eigenvalue weighted by atomic mass is 35.5. The van der Waals surface area contributed by atoms with Crippen molar-refractivity contribution in [2.75, 3.05) is 20.6 Å². The van der Waals surface area contributed by atoms with Crippen LogP contribution in [0.5, 0.6) is 0 Å². The first-order valence-electron chi connectivity index (χ1n) is 12.4. The molecule has 2 aliphatic rings. The van der Waals surface area contributed by atoms with E-state index in [4.69, 9.17) is 16.3 Å². The Bertz CT molecular complexity index is 1090. The van der Waals surface area contributed by atoms with E-state index in [0.717, 1.165) is 48.2 Å². The van der Waals surface area contributed by atoms with Crippen LogP contribution in [-0.2, 0) is 21.6 Å². The van der Waals surface area contributed by atoms with E-state index >= 15 is 0 Å². The van der Waals surface area contributed by atoms with Crippen LogP contribution in [0.15, 0.2) is 59.3 Å². The van der Waals surface area contributed by atoms with E-state index in [1.165, 1.54) is 28.2 Å². The summed E-state index contributed by atoms with van der Waals surface area (Å²) in [6.07, 6.45) is 5.16. The van der Waals surface area contributed by atoms with Gasteiger partial charge in [0.05, 0.1) is 32.3 Å². The van der Waals surface area contributed by atoms with E-state index in [-0.39, 0.29) is 6.10 Å². The zero-order chi connectivity index (χ0) is 24.6. The topological polar surface area (TPSA) is 49.4 Å². The van der Waals surface area contributed by atoms with Gasteiger partial charge in [0.1, 0.15) is 6.10 Å². The van der Waals surface area contributed by atoms with Crippen molar-refractivity contribution in [3.8, 4) is 0 Å². The van der Waals surface area contributed by atoms with Crippen molar-refractivity contribution in [2.45, 2.75) is 49.9 Å². The predicted molar refractivity (Wildman–Crippen MR) is 141 cm³/mol. The Labute approximate surface area is 220 Å². The number of fused-ring (bicyclic) bond motifs is 2. The van der Waals surface area contributed by atoms with Gasteiger partial charge in [-0.05, 0) is 59.9 Å². The quantitative estimate of drug-likeness (QED) is 0.272. The summed E-state index contributed by atoms with van der Waals surface area (Å²) in [5.74, 6) is 0.0157. The molecule has 2 bridgehead atoms. The Hall–Kier alpha value is -1.70. The molecule has 7 heteroatoms. The van der Waals surface area contributed by atoms with E-state index in [0.29, 0.717) is 27.6 Å². The SMILES string of the molecule is C[N+](C)(CCCc1ccc(Cl)cc1)[C@H]1CC2CCC1C2OC(=O)C([O-])(c1cccs1)c1cccs1. The monoisotopic (exact) mass is 529 g/mol. The summed E-state index contributed by atoms with van der Waals surface area (Å²) in [6.45, 7) is 1.06. The predicted octanol–water partition coefficient (Wildman–Crippen LogP) is 5.49. The van der Waals surface area contributed by atoms with Crippen molar-refractivity contribution in [1.82, 2.24) is 0 Å². The number of ether oxygens (including phenoxy) is 1. The van der Waals surface area contributed by atoms with E-state index in [1.54, 1.807) is 12.1 Å². The molecule has 2 saturated carbocycles. The van der Waals surface area contributed by atoms with Gasteiger partial charge in [-0.3, -0.25) is 4.79 Å². The number of aryl methyl sites for hydroxylation is 1. The number of hydrogen-bond acceptors (Lipinski definition) is 5. The van der Waals surface area contributed by atoms with Gasteiger partial charge in [-0.1, -0.05) is 35.9 Å². The number of quaternary nitrogens is 1. The molecule has 0 radical (unpaired) electrons. The van der Waals surface area contributed by atoms with Gasteiger partial charge in [-0.15, -0.1) is 22.7 Å². The van der Waals surface area contributed by atoms with Gasteiger partial charge >= 0.3 is 5.97 Å². The van der Waals surface area contributed by atoms with Gasteiger partial charge in [0, 0.05) is 39.5 Å². The summed E-state index contributed by atoms with van der Waals surface area (Å²) < 4.78 is 7.08. The third-order valence-electron chi connectivity index (χ3n) is 8.07. The van der Waals surface area contributed by atoms with Gasteiger partial charge < -0.3 is 14.3 Å². The van der Waals surface area contributed by atoms with Crippen molar-refractivity contribution in [1.29, 1.82) is 0 Å². The summed E-state index contributed by atoms with van der Waals surface area (Å²) in [7, 11) is 4.61. The number of nitrogens with zero attached hydrogens (tertiary/aromatic N) is 1. The molecule has 0 N–H and O–H groups in total. The molecule has 3 aromatic rings. The van der Waals surface area contributed by atoms with Crippen LogP contribution in [0.4, 0.5) is 0 Å². The van der Waals surface area contributed by atoms with Gasteiger partial charge in [0.15, 0.2) is 0 Å². The van der Waals surface area contributed by atoms with Gasteiger partial charge in [0.2, 0.25) is 0 Å². The lowest BCUT2D eigenvalue weighted by molar-refractivity contribution is -0.918. The molecule has 2 heterocycles. The molecular formula is C28H32ClNO3S2. The molecule has 0 amide bonds. The minimum atomic E-state index is -1.98. The zero-order valence-corrected chi connectivity index (χ0v) is 22.6. The van der Waals surface area contributed by atoms with Crippen molar-refractivity contribution < 1.29 is 19.1 Å². The summed E-state index contributed by atoms with van der Waals surface area (Å²) in [5, 5.41) is 18.5. The Morgan fingerprint density at radius 2 is 1.74 bits per heavy atom. The molecule has 1 aromatic carbocycles. The molecule has 0 saturated heterocycles. The minimum absolute atomic E-state index is 0.158. The second kappa shape index (κ2) is 9.98. The lowest BCUT2D eigenvalue weighted by Crippen LogP contribution is -2.53. The summed E-state index contributed by atoms with van der Waals surface area (Å²) >= 11 is 8.67. The molecule has 186 valence electrons. The van der Waals surface area contributed by atoms with Crippen LogP contribution in [0.2, 0.25) is 5.02 Å². The van der Waals surface area contributed by atoms with Crippen LogP contribution < -0.4 is 5.11 Å². The fourth-order valence-electron chi connectivity index (χ4n) is 6.21. The first-order chi connectivity index (χ1) is 16.8. The molecule has 3 unspecified atom stereocenters. The molecule has 2 fully saturated rings. The van der Waals surface area contributed by atoms with Gasteiger partial charge in [0.25, 0.3) is 0 Å². The van der Waals surface area contributed by atoms with E-state index < -0.39 is 11.6 Å². The highest BCUT2D eigenvalue weighted by Gasteiger charge is 2.56. The lowest BCUT2D eigenvalue weighted by atomic mass is 9.92. The van der Waals surface area contributed by atoms with Crippen molar-refractivity contribution in [3.63, 3.8) is 0 Å². The van der Waals surface area contributed by atoms with E-state index in [1.807, 2.05) is 35.0 Å². The maximum atomic E-state index is 14.1. The molecule has 0 aliphatic heterocycles. The molecule has 2 aliphatic carbocycles. The maximum Gasteiger partial charge on any atom is 0.306 e. The molecule has 2 aromatic heterocycles. The first kappa shape index (κ1) is 25.0. The summed E-state index contributed by atoms with van der Waals surface area (Å²) in [6, 6.07) is 15.7. The lowest BCUT2D eigenvalue weighted by Gasteiger charge is -2.41. The van der Waals surface area contributed by atoms with Crippen LogP contribution in [0.25, 0.3) is 0 Å². The number of esters is 1. The molecule has 0 spiro atoms. The largest absolute Gasteiger partial charge is 0.833 e. The standard InChI is InChI=1S/C28H32ClNO3S2/c1-30(2,15-3-6-19-9-12-21(29)13-10-19)23-18-20-11-14-22(23)26(20)33-27(31)28(32,24-7-4-16-34-24)25-8-5-17-35-25/h4-5,7-10,12-13,16-17,20,22-23,26H,3,6,11,14-15,18H2,1-2H3/t20?,22?,23-,26?/m0/s1. The van der Waals surface area contributed by atoms with Crippen LogP contribution >= 0.6 is 34.3 Å². The zero-order valence-electron chi connectivity index (χ0n) is 20.2. The van der Waals surface area contributed by atoms with Crippen molar-refractivity contribution >= 4 is 40.2 Å². The number of benzene rings is 1. The number of carbonyl (C=O) groups is 1. The highest BCUT2D eigenvalue weighted by molar-refractivity contribution is 7.12. The second-order valence-corrected chi connectivity index (χ2v) is 12.9. The minimum Gasteiger partial charge on any atom is -0.833 e. The van der Waals surface area contributed by atoms with Gasteiger partial charge in [-0.25, -0.2) is 0 Å². The smallest absolute Gasteiger partial charge is 0.306 e. The normalized spacial score (nSPS) is 24.1. The fourth-order valence-corrected chi connectivity index (χ4v) is 8.05. The average Bonchev–Trinajstić information content (AvgIpc) is 3.65. The first-order valence-corrected chi connectivity index (χ1v) is 14.5. The maximum absolute atomic E-state index is 14.1. The van der Waals surface area contributed by atoms with Crippen LogP contribution in [-0.4, -0.2) is 43.2 Å². The number of hydrogen-bond donors (Lipinski definition) is 0. The Morgan fingerprint density at radius 1 is 1.09 bits per heavy atom. The average molecular weight is 530 g/mol. The van der Waals surface area contributed by atoms with Gasteiger partial charge in [-0.2, -0.15) is 0 Å². The third kappa shape index (κ3) is 4.84. The summed E-state index contributed by atoms with van der Waals surface area (Å²) in [5.41, 5.74) is -0.675. The Balaban J connectivity index is 1.26. The third-order valence-corrected chi connectivity index (χ3v) is 10.3. The van der Waals surface area contributed by atoms with Crippen LogP contribution in [0, 0.1) is 11.8 Å². The summed E-state index contributed by atoms with van der Waals surface area (Å²) in [4.78, 5) is 14.5. The molecule has 4 nitrogen and oxygen atoms in total. The molecule has 4 atom stereocenters. The number of halogens is 1. The van der Waals surface area contributed by atoms with Crippen molar-refractivity contribution in [3.05, 3.63) is 79.6 Å². The van der Waals surface area contributed by atoms with E-state index in [9.17, 15) is 9.90 Å². The Kier molecular flexibility index (Phi) is 7.12. The fraction of sp³-hybridized carbons (Fsp3) is 0.464. The number of thiophene rings is 2. The van der Waals surface area contributed by atoms with Crippen molar-refractivity contribution in [2.24, 2.45) is 11.8 Å². The number of carbonyl (C=O) groups excluding carboxylic acids is 1. The highest BCUT2D eigenvalue weighted by Crippen LogP contribution is 2.50. The van der Waals surface area contributed by atoms with Crippen LogP contribution in [0.3, 0.4) is 0 Å². The van der Waals surface area contributed by atoms with Crippen LogP contribution in [0.1, 0.15) is 41.0 Å².